The number of ether oxygens (including phenoxy) is 6. The Morgan fingerprint density at radius 3 is 1.20 bits per heavy atom. The molecule has 2 heterocycles. The molecule has 5 aromatic rings. The molecule has 6 heteroatoms. The van der Waals surface area contributed by atoms with Crippen molar-refractivity contribution in [2.75, 3.05) is 33.5 Å². The highest BCUT2D eigenvalue weighted by Crippen LogP contribution is 2.35. The minimum atomic E-state index is 0. The summed E-state index contributed by atoms with van der Waals surface area (Å²) in [6, 6.07) is 37.7. The molecule has 0 bridgehead atoms. The van der Waals surface area contributed by atoms with E-state index >= 15 is 0 Å². The third-order valence-corrected chi connectivity index (χ3v) is 11.5. The van der Waals surface area contributed by atoms with Crippen LogP contribution in [0.2, 0.25) is 0 Å². The van der Waals surface area contributed by atoms with E-state index in [0.717, 1.165) is 73.8 Å². The minimum Gasteiger partial charge on any atom is -0.497 e. The summed E-state index contributed by atoms with van der Waals surface area (Å²) in [6.07, 6.45) is 3.52. The van der Waals surface area contributed by atoms with Crippen LogP contribution >= 0.6 is 0 Å². The van der Waals surface area contributed by atoms with Crippen LogP contribution in [0.3, 0.4) is 0 Å². The molecule has 70 heavy (non-hydrogen) atoms. The Kier molecular flexibility index (Phi) is 25.2. The molecular formula is C64H98O6. The van der Waals surface area contributed by atoms with Crippen LogP contribution in [-0.2, 0) is 33.5 Å². The molecule has 0 saturated carbocycles. The van der Waals surface area contributed by atoms with Gasteiger partial charge in [0.25, 0.3) is 0 Å². The molecule has 0 fully saturated rings. The lowest BCUT2D eigenvalue weighted by molar-refractivity contribution is 0.242. The Balaban J connectivity index is 0.000000435. The Bertz CT molecular complexity index is 2200. The molecule has 0 atom stereocenters. The van der Waals surface area contributed by atoms with E-state index in [2.05, 4.69) is 171 Å². The van der Waals surface area contributed by atoms with Crippen LogP contribution in [0.25, 0.3) is 0 Å². The van der Waals surface area contributed by atoms with Crippen molar-refractivity contribution < 1.29 is 28.4 Å². The lowest BCUT2D eigenvalue weighted by Gasteiger charge is -2.23. The lowest BCUT2D eigenvalue weighted by atomic mass is 9.85. The van der Waals surface area contributed by atoms with Gasteiger partial charge in [0.15, 0.2) is 11.5 Å². The maximum atomic E-state index is 5.66. The van der Waals surface area contributed by atoms with Crippen LogP contribution in [0.5, 0.6) is 34.5 Å². The molecule has 0 amide bonds. The van der Waals surface area contributed by atoms with Crippen molar-refractivity contribution >= 4 is 0 Å². The van der Waals surface area contributed by atoms with Crippen molar-refractivity contribution in [1.29, 1.82) is 0 Å². The van der Waals surface area contributed by atoms with Crippen molar-refractivity contribution in [3.8, 4) is 34.5 Å². The first-order valence-electron chi connectivity index (χ1n) is 24.9. The predicted octanol–water partition coefficient (Wildman–Crippen LogP) is 17.9. The largest absolute Gasteiger partial charge is 0.497 e. The number of rotatable bonds is 5. The van der Waals surface area contributed by atoms with E-state index in [9.17, 15) is 0 Å². The van der Waals surface area contributed by atoms with Crippen LogP contribution in [0.1, 0.15) is 186 Å². The van der Waals surface area contributed by atoms with E-state index in [1.165, 1.54) is 39.8 Å². The SMILES string of the molecule is C.C.CC(C)(C)c1ccc2c(c1)CCCO2.CC(C)(C)c1ccc2c(c1)OCCCO2.CC(C)Oc1ccc(C(C)(C)C)cc1.CCOc1ccc(C(C)(C)C)cc1.COc1ccc(C(C)(C)C)cc1. The van der Waals surface area contributed by atoms with Gasteiger partial charge in [-0.3, -0.25) is 0 Å². The summed E-state index contributed by atoms with van der Waals surface area (Å²) >= 11 is 0. The third-order valence-electron chi connectivity index (χ3n) is 11.5. The second-order valence-electron chi connectivity index (χ2n) is 23.1. The normalized spacial score (nSPS) is 13.0. The third kappa shape index (κ3) is 21.9. The van der Waals surface area contributed by atoms with Gasteiger partial charge >= 0.3 is 0 Å². The fourth-order valence-electron chi connectivity index (χ4n) is 7.07. The highest BCUT2D eigenvalue weighted by atomic mass is 16.5. The van der Waals surface area contributed by atoms with E-state index in [-0.39, 0.29) is 48.0 Å². The van der Waals surface area contributed by atoms with Crippen LogP contribution in [0.15, 0.2) is 109 Å². The second-order valence-corrected chi connectivity index (χ2v) is 23.1. The van der Waals surface area contributed by atoms with E-state index in [4.69, 9.17) is 28.4 Å². The second kappa shape index (κ2) is 28.1. The fourth-order valence-corrected chi connectivity index (χ4v) is 7.07. The number of fused-ring (bicyclic) bond motifs is 2. The van der Waals surface area contributed by atoms with Gasteiger partial charge in [-0.05, 0) is 149 Å². The molecule has 0 radical (unpaired) electrons. The van der Waals surface area contributed by atoms with Crippen molar-refractivity contribution in [3.05, 3.63) is 143 Å². The Labute approximate surface area is 429 Å². The zero-order valence-electron chi connectivity index (χ0n) is 45.9. The van der Waals surface area contributed by atoms with Crippen molar-refractivity contribution in [2.45, 2.75) is 192 Å². The van der Waals surface area contributed by atoms with Crippen LogP contribution in [-0.4, -0.2) is 39.6 Å². The molecule has 0 aliphatic carbocycles. The molecule has 6 nitrogen and oxygen atoms in total. The van der Waals surface area contributed by atoms with Gasteiger partial charge in [0, 0.05) is 6.42 Å². The Morgan fingerprint density at radius 2 is 0.786 bits per heavy atom. The summed E-state index contributed by atoms with van der Waals surface area (Å²) in [6.45, 7) is 42.4. The molecular weight excluding hydrogens is 865 g/mol. The number of hydrogen-bond donors (Lipinski definition) is 0. The van der Waals surface area contributed by atoms with Crippen molar-refractivity contribution in [2.24, 2.45) is 0 Å². The number of hydrogen-bond acceptors (Lipinski definition) is 6. The summed E-state index contributed by atoms with van der Waals surface area (Å²) < 4.78 is 32.9. The smallest absolute Gasteiger partial charge is 0.161 e. The Morgan fingerprint density at radius 1 is 0.429 bits per heavy atom. The predicted molar refractivity (Wildman–Crippen MR) is 302 cm³/mol. The van der Waals surface area contributed by atoms with Gasteiger partial charge in [-0.25, -0.2) is 0 Å². The molecule has 5 aromatic carbocycles. The first-order chi connectivity index (χ1) is 31.6. The molecule has 2 aliphatic rings. The van der Waals surface area contributed by atoms with Crippen LogP contribution in [0, 0.1) is 0 Å². The van der Waals surface area contributed by atoms with Gasteiger partial charge in [0.1, 0.15) is 23.0 Å². The summed E-state index contributed by atoms with van der Waals surface area (Å²) in [5.74, 6) is 5.68. The minimum absolute atomic E-state index is 0. The van der Waals surface area contributed by atoms with Gasteiger partial charge < -0.3 is 28.4 Å². The highest BCUT2D eigenvalue weighted by Gasteiger charge is 2.20. The first-order valence-corrected chi connectivity index (χ1v) is 24.9. The zero-order valence-corrected chi connectivity index (χ0v) is 45.9. The topological polar surface area (TPSA) is 55.4 Å². The summed E-state index contributed by atoms with van der Waals surface area (Å²) in [5, 5.41) is 0. The van der Waals surface area contributed by atoms with Crippen molar-refractivity contribution in [1.82, 2.24) is 0 Å². The van der Waals surface area contributed by atoms with Gasteiger partial charge in [0.2, 0.25) is 0 Å². The maximum absolute atomic E-state index is 5.66. The highest BCUT2D eigenvalue weighted by molar-refractivity contribution is 5.45. The van der Waals surface area contributed by atoms with E-state index < -0.39 is 0 Å². The molecule has 0 spiro atoms. The molecule has 7 rings (SSSR count). The fraction of sp³-hybridized carbons (Fsp3) is 0.531. The average molecular weight is 963 g/mol. The summed E-state index contributed by atoms with van der Waals surface area (Å²) in [5.41, 5.74) is 9.16. The molecule has 0 saturated heterocycles. The number of methoxy groups -OCH3 is 1. The van der Waals surface area contributed by atoms with E-state index in [1.54, 1.807) is 7.11 Å². The molecule has 0 N–H and O–H groups in total. The number of aryl methyl sites for hydroxylation is 1. The Hall–Kier alpha value is -5.10. The van der Waals surface area contributed by atoms with Crippen LogP contribution < -0.4 is 28.4 Å². The van der Waals surface area contributed by atoms with Crippen LogP contribution in [0.4, 0.5) is 0 Å². The molecule has 390 valence electrons. The van der Waals surface area contributed by atoms with Crippen molar-refractivity contribution in [3.63, 3.8) is 0 Å². The maximum Gasteiger partial charge on any atom is 0.161 e. The molecule has 0 aromatic heterocycles. The van der Waals surface area contributed by atoms with Gasteiger partial charge in [0.05, 0.1) is 39.6 Å². The lowest BCUT2D eigenvalue weighted by Crippen LogP contribution is -2.14. The quantitative estimate of drug-likeness (QED) is 0.175. The van der Waals surface area contributed by atoms with E-state index in [1.807, 2.05) is 63.2 Å². The van der Waals surface area contributed by atoms with Gasteiger partial charge in [-0.1, -0.05) is 173 Å². The van der Waals surface area contributed by atoms with Gasteiger partial charge in [-0.2, -0.15) is 0 Å². The van der Waals surface area contributed by atoms with E-state index in [0.29, 0.717) is 0 Å². The average Bonchev–Trinajstić information content (AvgIpc) is 3.51. The summed E-state index contributed by atoms with van der Waals surface area (Å²) in [4.78, 5) is 0. The monoisotopic (exact) mass is 963 g/mol. The molecule has 2 aliphatic heterocycles. The standard InChI is InChI=1S/C13H18O2.C13H18O.C13H20O.C12H18O.C11H16O.2CH4/c1-13(2,3)10-5-6-11-12(9-10)15-8-4-7-14-11;1-13(2,3)11-6-7-12-10(9-11)5-4-8-14-12;1-10(2)14-12-8-6-11(7-9-12)13(3,4)5;1-5-13-11-8-6-10(7-9-11)12(2,3)4;1-11(2,3)9-5-7-10(12-4)8-6-9;;/h5-6,9H,4,7-8H2,1-3H3;6-7,9H,4-5,8H2,1-3H3;6-10H,1-5H3;6-9H,5H2,1-4H3;5-8H,1-4H3;2*1H4. The number of benzene rings is 5. The van der Waals surface area contributed by atoms with Gasteiger partial charge in [-0.15, -0.1) is 0 Å². The summed E-state index contributed by atoms with van der Waals surface area (Å²) in [7, 11) is 1.69. The molecule has 0 unspecified atom stereocenters. The first kappa shape index (κ1) is 62.9. The zero-order chi connectivity index (χ0) is 50.9.